The Hall–Kier alpha value is -1.78. The number of fused-ring (bicyclic) bond motifs is 1. The first-order chi connectivity index (χ1) is 8.67. The number of anilines is 1. The summed E-state index contributed by atoms with van der Waals surface area (Å²) in [6, 6.07) is 3.23. The van der Waals surface area contributed by atoms with E-state index in [0.717, 1.165) is 25.3 Å². The molecule has 1 amide bonds. The maximum Gasteiger partial charge on any atom is 0.252 e. The molecule has 1 aromatic heterocycles. The summed E-state index contributed by atoms with van der Waals surface area (Å²) in [4.78, 5) is 25.9. The minimum Gasteiger partial charge on any atom is -0.356 e. The van der Waals surface area contributed by atoms with E-state index in [1.807, 2.05) is 19.9 Å². The first kappa shape index (κ1) is 12.7. The van der Waals surface area contributed by atoms with Gasteiger partial charge in [-0.1, -0.05) is 6.92 Å². The molecule has 2 rings (SSSR count). The topological polar surface area (TPSA) is 54.3 Å². The molecular weight excluding hydrogens is 230 g/mol. The van der Waals surface area contributed by atoms with E-state index in [-0.39, 0.29) is 11.5 Å². The number of carbonyl (C=O) groups excluding carboxylic acids is 1. The Bertz CT molecular complexity index is 507. The predicted molar refractivity (Wildman–Crippen MR) is 71.2 cm³/mol. The number of aromatic nitrogens is 1. The third kappa shape index (κ3) is 2.25. The van der Waals surface area contributed by atoms with E-state index in [1.165, 1.54) is 6.07 Å². The second-order valence-electron chi connectivity index (χ2n) is 4.43. The first-order valence-electron chi connectivity index (χ1n) is 6.45. The van der Waals surface area contributed by atoms with Crippen LogP contribution in [0.5, 0.6) is 0 Å². The molecule has 5 nitrogen and oxygen atoms in total. The third-order valence-corrected chi connectivity index (χ3v) is 3.20. The summed E-state index contributed by atoms with van der Waals surface area (Å²) in [6.45, 7) is 7.07. The van der Waals surface area contributed by atoms with Crippen LogP contribution in [-0.4, -0.2) is 30.1 Å². The second-order valence-corrected chi connectivity index (χ2v) is 4.43. The Morgan fingerprint density at radius 2 is 2.11 bits per heavy atom. The molecular formula is C13H19N3O2. The lowest BCUT2D eigenvalue weighted by atomic mass is 10.2. The predicted octanol–water partition coefficient (Wildman–Crippen LogP) is 0.828. The zero-order valence-electron chi connectivity index (χ0n) is 10.9. The highest BCUT2D eigenvalue weighted by Crippen LogP contribution is 2.19. The lowest BCUT2D eigenvalue weighted by Crippen LogP contribution is -2.27. The van der Waals surface area contributed by atoms with E-state index in [4.69, 9.17) is 0 Å². The van der Waals surface area contributed by atoms with Crippen LogP contribution >= 0.6 is 0 Å². The van der Waals surface area contributed by atoms with Gasteiger partial charge >= 0.3 is 0 Å². The largest absolute Gasteiger partial charge is 0.356 e. The minimum absolute atomic E-state index is 0.0925. The maximum absolute atomic E-state index is 11.9. The zero-order chi connectivity index (χ0) is 13.1. The van der Waals surface area contributed by atoms with Crippen molar-refractivity contribution in [3.63, 3.8) is 0 Å². The number of hydrogen-bond donors (Lipinski definition) is 1. The average molecular weight is 249 g/mol. The molecule has 0 fully saturated rings. The first-order valence-corrected chi connectivity index (χ1v) is 6.45. The number of carbonyl (C=O) groups is 1. The highest BCUT2D eigenvalue weighted by Gasteiger charge is 2.20. The Labute approximate surface area is 106 Å². The van der Waals surface area contributed by atoms with Gasteiger partial charge in [-0.05, 0) is 19.4 Å². The summed E-state index contributed by atoms with van der Waals surface area (Å²) in [5, 5.41) is 2.79. The van der Waals surface area contributed by atoms with Crippen LogP contribution < -0.4 is 15.8 Å². The average Bonchev–Trinajstić information content (AvgIpc) is 2.79. The Balaban J connectivity index is 2.32. The van der Waals surface area contributed by atoms with Crippen molar-refractivity contribution in [2.24, 2.45) is 0 Å². The van der Waals surface area contributed by atoms with E-state index >= 15 is 0 Å². The molecule has 2 heterocycles. The van der Waals surface area contributed by atoms with Gasteiger partial charge in [0.1, 0.15) is 5.82 Å². The minimum atomic E-state index is -0.166. The van der Waals surface area contributed by atoms with Gasteiger partial charge in [-0.2, -0.15) is 0 Å². The van der Waals surface area contributed by atoms with E-state index < -0.39 is 0 Å². The van der Waals surface area contributed by atoms with Crippen LogP contribution in [0.25, 0.3) is 0 Å². The third-order valence-electron chi connectivity index (χ3n) is 3.20. The van der Waals surface area contributed by atoms with E-state index in [2.05, 4.69) is 10.2 Å². The number of nitrogens with one attached hydrogen (secondary N) is 1. The fourth-order valence-corrected chi connectivity index (χ4v) is 2.20. The molecule has 18 heavy (non-hydrogen) atoms. The second kappa shape index (κ2) is 5.25. The number of pyridine rings is 1. The molecule has 1 N–H and O–H groups in total. The lowest BCUT2D eigenvalue weighted by Gasteiger charge is -2.16. The van der Waals surface area contributed by atoms with Crippen LogP contribution in [0.4, 0.5) is 5.82 Å². The van der Waals surface area contributed by atoms with Crippen LogP contribution in [0.1, 0.15) is 30.6 Å². The Kier molecular flexibility index (Phi) is 3.69. The molecule has 0 atom stereocenters. The molecule has 0 aliphatic carbocycles. The number of likely N-dealkylation sites (N-methyl/N-ethyl adjacent to an activating group) is 1. The van der Waals surface area contributed by atoms with Gasteiger partial charge in [0.15, 0.2) is 0 Å². The van der Waals surface area contributed by atoms with Gasteiger partial charge in [0.05, 0.1) is 0 Å². The van der Waals surface area contributed by atoms with E-state index in [1.54, 1.807) is 4.57 Å². The van der Waals surface area contributed by atoms with Crippen LogP contribution in [0, 0.1) is 0 Å². The Morgan fingerprint density at radius 1 is 1.33 bits per heavy atom. The maximum atomic E-state index is 11.9. The highest BCUT2D eigenvalue weighted by molar-refractivity contribution is 5.94. The summed E-state index contributed by atoms with van der Waals surface area (Å²) in [5.74, 6) is 0.687. The lowest BCUT2D eigenvalue weighted by molar-refractivity contribution is 0.0953. The van der Waals surface area contributed by atoms with Gasteiger partial charge < -0.3 is 10.2 Å². The SMILES string of the molecule is CCCNC(=O)c1cc2n(c(=O)c1)CCN2CC. The van der Waals surface area contributed by atoms with Crippen LogP contribution in [0.3, 0.4) is 0 Å². The normalized spacial score (nSPS) is 13.6. The molecule has 0 bridgehead atoms. The molecule has 0 aromatic carbocycles. The summed E-state index contributed by atoms with van der Waals surface area (Å²) in [6.07, 6.45) is 0.886. The number of amides is 1. The zero-order valence-corrected chi connectivity index (χ0v) is 10.9. The molecule has 1 aromatic rings. The van der Waals surface area contributed by atoms with Crippen molar-refractivity contribution < 1.29 is 4.79 Å². The smallest absolute Gasteiger partial charge is 0.252 e. The molecule has 0 saturated heterocycles. The highest BCUT2D eigenvalue weighted by atomic mass is 16.2. The summed E-state index contributed by atoms with van der Waals surface area (Å²) < 4.78 is 1.72. The number of hydrogen-bond acceptors (Lipinski definition) is 3. The molecule has 0 unspecified atom stereocenters. The van der Waals surface area contributed by atoms with Gasteiger partial charge in [-0.3, -0.25) is 14.2 Å². The van der Waals surface area contributed by atoms with Gasteiger partial charge in [0, 0.05) is 37.8 Å². The van der Waals surface area contributed by atoms with Crippen molar-refractivity contribution in [3.05, 3.63) is 28.0 Å². The standard InChI is InChI=1S/C13H19N3O2/c1-3-5-14-13(18)10-8-11-15(4-2)6-7-16(11)12(17)9-10/h8-9H,3-7H2,1-2H3,(H,14,18). The monoisotopic (exact) mass is 249 g/mol. The fraction of sp³-hybridized carbons (Fsp3) is 0.538. The Morgan fingerprint density at radius 3 is 2.78 bits per heavy atom. The quantitative estimate of drug-likeness (QED) is 0.860. The van der Waals surface area contributed by atoms with Crippen LogP contribution in [-0.2, 0) is 6.54 Å². The summed E-state index contributed by atoms with van der Waals surface area (Å²) in [7, 11) is 0. The molecule has 0 spiro atoms. The van der Waals surface area contributed by atoms with Gasteiger partial charge in [0.2, 0.25) is 0 Å². The number of nitrogens with zero attached hydrogens (tertiary/aromatic N) is 2. The van der Waals surface area contributed by atoms with Crippen molar-refractivity contribution in [1.82, 2.24) is 9.88 Å². The van der Waals surface area contributed by atoms with Crippen molar-refractivity contribution in [3.8, 4) is 0 Å². The summed E-state index contributed by atoms with van der Waals surface area (Å²) >= 11 is 0. The molecule has 0 saturated carbocycles. The van der Waals surface area contributed by atoms with E-state index in [9.17, 15) is 9.59 Å². The van der Waals surface area contributed by atoms with Gasteiger partial charge in [-0.25, -0.2) is 0 Å². The summed E-state index contributed by atoms with van der Waals surface area (Å²) in [5.41, 5.74) is 0.366. The van der Waals surface area contributed by atoms with Gasteiger partial charge in [-0.15, -0.1) is 0 Å². The molecule has 98 valence electrons. The molecule has 1 aliphatic heterocycles. The van der Waals surface area contributed by atoms with Gasteiger partial charge in [0.25, 0.3) is 11.5 Å². The van der Waals surface area contributed by atoms with Crippen LogP contribution in [0.15, 0.2) is 16.9 Å². The van der Waals surface area contributed by atoms with E-state index in [0.29, 0.717) is 18.7 Å². The fourth-order valence-electron chi connectivity index (χ4n) is 2.20. The molecule has 5 heteroatoms. The van der Waals surface area contributed by atoms with Crippen molar-refractivity contribution >= 4 is 11.7 Å². The van der Waals surface area contributed by atoms with Crippen molar-refractivity contribution in [2.75, 3.05) is 24.5 Å². The molecule has 1 aliphatic rings. The van der Waals surface area contributed by atoms with Crippen molar-refractivity contribution in [1.29, 1.82) is 0 Å². The number of rotatable bonds is 4. The van der Waals surface area contributed by atoms with Crippen molar-refractivity contribution in [2.45, 2.75) is 26.8 Å². The van der Waals surface area contributed by atoms with Crippen LogP contribution in [0.2, 0.25) is 0 Å². The molecule has 0 radical (unpaired) electrons.